The van der Waals surface area contributed by atoms with E-state index in [-0.39, 0.29) is 24.9 Å². The van der Waals surface area contributed by atoms with Gasteiger partial charge in [0.2, 0.25) is 0 Å². The maximum absolute atomic E-state index is 15.1. The summed E-state index contributed by atoms with van der Waals surface area (Å²) in [6.45, 7) is 5.44. The first-order chi connectivity index (χ1) is 18.4. The number of hydrogen-bond donors (Lipinski definition) is 3. The number of oxazole rings is 1. The molecule has 3 heterocycles. The summed E-state index contributed by atoms with van der Waals surface area (Å²) in [6.07, 6.45) is 6.28. The SMILES string of the molecule is Cc1ncoc1COc1cc(F)c2c(c1C)CCN(C[C@@H](O)CNC(=O)c1ccnc(NC3CCC3)c1)C2. The lowest BCUT2D eigenvalue weighted by Crippen LogP contribution is -2.42. The topological polar surface area (TPSA) is 113 Å². The Morgan fingerprint density at radius 3 is 2.87 bits per heavy atom. The van der Waals surface area contributed by atoms with Gasteiger partial charge >= 0.3 is 0 Å². The van der Waals surface area contributed by atoms with Crippen LogP contribution in [0.25, 0.3) is 0 Å². The second-order valence-electron chi connectivity index (χ2n) is 10.1. The van der Waals surface area contributed by atoms with Crippen LogP contribution in [0.15, 0.2) is 35.2 Å². The van der Waals surface area contributed by atoms with Crippen molar-refractivity contribution in [1.29, 1.82) is 0 Å². The first kappa shape index (κ1) is 26.1. The van der Waals surface area contributed by atoms with E-state index in [1.165, 1.54) is 18.9 Å². The Morgan fingerprint density at radius 2 is 2.13 bits per heavy atom. The molecule has 5 rings (SSSR count). The Labute approximate surface area is 221 Å². The van der Waals surface area contributed by atoms with Gasteiger partial charge in [-0.15, -0.1) is 0 Å². The van der Waals surface area contributed by atoms with Gasteiger partial charge in [0, 0.05) is 55.6 Å². The number of amides is 1. The summed E-state index contributed by atoms with van der Waals surface area (Å²) in [5.41, 5.74) is 3.72. The van der Waals surface area contributed by atoms with Gasteiger partial charge in [-0.05, 0) is 62.8 Å². The first-order valence-corrected chi connectivity index (χ1v) is 13.1. The summed E-state index contributed by atoms with van der Waals surface area (Å²) in [5, 5.41) is 16.7. The number of ether oxygens (including phenoxy) is 1. The molecule has 0 unspecified atom stereocenters. The molecule has 0 bridgehead atoms. The monoisotopic (exact) mass is 523 g/mol. The van der Waals surface area contributed by atoms with Crippen molar-refractivity contribution in [3.05, 3.63) is 70.3 Å². The third-order valence-corrected chi connectivity index (χ3v) is 7.44. The number of aryl methyl sites for hydroxylation is 1. The quantitative estimate of drug-likeness (QED) is 0.370. The molecule has 2 aromatic heterocycles. The number of carbonyl (C=O) groups is 1. The van der Waals surface area contributed by atoms with Crippen LogP contribution < -0.4 is 15.4 Å². The lowest BCUT2D eigenvalue weighted by atomic mass is 9.93. The van der Waals surface area contributed by atoms with Gasteiger partial charge in [0.05, 0.1) is 11.8 Å². The van der Waals surface area contributed by atoms with Crippen molar-refractivity contribution in [1.82, 2.24) is 20.2 Å². The number of β-amino-alcohol motifs (C(OH)–C–C–N with tert-alkyl or cyclic N) is 1. The Morgan fingerprint density at radius 1 is 1.29 bits per heavy atom. The number of carbonyl (C=O) groups excluding carboxylic acids is 1. The Hall–Kier alpha value is -3.50. The molecule has 1 saturated carbocycles. The number of benzene rings is 1. The molecular formula is C28H34FN5O4. The molecule has 1 fully saturated rings. The van der Waals surface area contributed by atoms with Gasteiger partial charge in [-0.2, -0.15) is 0 Å². The van der Waals surface area contributed by atoms with Crippen LogP contribution >= 0.6 is 0 Å². The highest BCUT2D eigenvalue weighted by molar-refractivity contribution is 5.94. The zero-order valence-electron chi connectivity index (χ0n) is 21.8. The third-order valence-electron chi connectivity index (χ3n) is 7.44. The van der Waals surface area contributed by atoms with Gasteiger partial charge < -0.3 is 24.9 Å². The van der Waals surface area contributed by atoms with Crippen LogP contribution in [0, 0.1) is 19.7 Å². The summed E-state index contributed by atoms with van der Waals surface area (Å²) in [5.74, 6) is 1.21. The molecule has 0 spiro atoms. The van der Waals surface area contributed by atoms with Crippen molar-refractivity contribution in [3.63, 3.8) is 0 Å². The van der Waals surface area contributed by atoms with Crippen molar-refractivity contribution in [2.75, 3.05) is 25.0 Å². The second kappa shape index (κ2) is 11.5. The van der Waals surface area contributed by atoms with Crippen molar-refractivity contribution in [2.45, 2.75) is 64.8 Å². The molecule has 1 amide bonds. The average Bonchev–Trinajstić information content (AvgIpc) is 3.30. The van der Waals surface area contributed by atoms with E-state index in [0.29, 0.717) is 60.6 Å². The van der Waals surface area contributed by atoms with Gasteiger partial charge in [0.15, 0.2) is 12.2 Å². The van der Waals surface area contributed by atoms with Crippen molar-refractivity contribution < 1.29 is 23.4 Å². The number of nitrogens with one attached hydrogen (secondary N) is 2. The maximum atomic E-state index is 15.1. The predicted molar refractivity (Wildman–Crippen MR) is 140 cm³/mol. The highest BCUT2D eigenvalue weighted by atomic mass is 19.1. The van der Waals surface area contributed by atoms with E-state index in [4.69, 9.17) is 9.15 Å². The van der Waals surface area contributed by atoms with Gasteiger partial charge in [-0.25, -0.2) is 14.4 Å². The molecule has 1 aliphatic heterocycles. The third kappa shape index (κ3) is 5.97. The average molecular weight is 524 g/mol. The highest BCUT2D eigenvalue weighted by Crippen LogP contribution is 2.32. The van der Waals surface area contributed by atoms with Crippen LogP contribution in [-0.4, -0.2) is 57.7 Å². The van der Waals surface area contributed by atoms with E-state index in [9.17, 15) is 9.90 Å². The van der Waals surface area contributed by atoms with Crippen LogP contribution in [0.1, 0.15) is 57.8 Å². The van der Waals surface area contributed by atoms with Crippen LogP contribution in [0.5, 0.6) is 5.75 Å². The van der Waals surface area contributed by atoms with Crippen molar-refractivity contribution >= 4 is 11.7 Å². The van der Waals surface area contributed by atoms with Gasteiger partial charge in [-0.3, -0.25) is 9.69 Å². The van der Waals surface area contributed by atoms with E-state index in [2.05, 4.69) is 20.6 Å². The number of anilines is 1. The number of nitrogens with zero attached hydrogens (tertiary/aromatic N) is 3. The molecule has 3 N–H and O–H groups in total. The van der Waals surface area contributed by atoms with E-state index in [0.717, 1.165) is 29.7 Å². The number of aliphatic hydroxyl groups is 1. The minimum absolute atomic E-state index is 0.102. The Bertz CT molecular complexity index is 1290. The lowest BCUT2D eigenvalue weighted by molar-refractivity contribution is 0.0839. The number of halogens is 1. The molecule has 10 heteroatoms. The smallest absolute Gasteiger partial charge is 0.251 e. The zero-order chi connectivity index (χ0) is 26.6. The van der Waals surface area contributed by atoms with Crippen molar-refractivity contribution in [3.8, 4) is 5.75 Å². The number of aromatic nitrogens is 2. The fourth-order valence-corrected chi connectivity index (χ4v) is 4.91. The first-order valence-electron chi connectivity index (χ1n) is 13.1. The maximum Gasteiger partial charge on any atom is 0.251 e. The second-order valence-corrected chi connectivity index (χ2v) is 10.1. The van der Waals surface area contributed by atoms with Gasteiger partial charge in [0.25, 0.3) is 5.91 Å². The number of pyridine rings is 1. The molecule has 202 valence electrons. The lowest BCUT2D eigenvalue weighted by Gasteiger charge is -2.32. The summed E-state index contributed by atoms with van der Waals surface area (Å²) in [6, 6.07) is 5.24. The van der Waals surface area contributed by atoms with E-state index >= 15 is 4.39 Å². The number of hydrogen-bond acceptors (Lipinski definition) is 8. The van der Waals surface area contributed by atoms with Crippen molar-refractivity contribution in [2.24, 2.45) is 0 Å². The molecule has 1 aliphatic carbocycles. The fraction of sp³-hybridized carbons (Fsp3) is 0.464. The summed E-state index contributed by atoms with van der Waals surface area (Å²) >= 11 is 0. The molecule has 2 aliphatic rings. The molecule has 0 saturated heterocycles. The van der Waals surface area contributed by atoms with Gasteiger partial charge in [0.1, 0.15) is 24.0 Å². The molecule has 3 aromatic rings. The molecule has 1 atom stereocenters. The fourth-order valence-electron chi connectivity index (χ4n) is 4.91. The predicted octanol–water partition coefficient (Wildman–Crippen LogP) is 3.52. The summed E-state index contributed by atoms with van der Waals surface area (Å²) in [7, 11) is 0. The summed E-state index contributed by atoms with van der Waals surface area (Å²) < 4.78 is 26.2. The van der Waals surface area contributed by atoms with E-state index in [1.807, 2.05) is 18.7 Å². The molecular weight excluding hydrogens is 489 g/mol. The van der Waals surface area contributed by atoms with Crippen LogP contribution in [0.4, 0.5) is 10.2 Å². The normalized spacial score (nSPS) is 16.4. The molecule has 38 heavy (non-hydrogen) atoms. The minimum atomic E-state index is -0.785. The number of aliphatic hydroxyl groups excluding tert-OH is 1. The van der Waals surface area contributed by atoms with Gasteiger partial charge in [-0.1, -0.05) is 0 Å². The summed E-state index contributed by atoms with van der Waals surface area (Å²) in [4.78, 5) is 23.0. The Balaban J connectivity index is 1.13. The van der Waals surface area contributed by atoms with Crippen LogP contribution in [-0.2, 0) is 19.6 Å². The molecule has 0 radical (unpaired) electrons. The largest absolute Gasteiger partial charge is 0.485 e. The van der Waals surface area contributed by atoms with E-state index in [1.54, 1.807) is 18.3 Å². The number of fused-ring (bicyclic) bond motifs is 1. The van der Waals surface area contributed by atoms with Crippen LogP contribution in [0.3, 0.4) is 0 Å². The number of rotatable bonds is 10. The molecule has 9 nitrogen and oxygen atoms in total. The zero-order valence-corrected chi connectivity index (χ0v) is 21.8. The van der Waals surface area contributed by atoms with E-state index < -0.39 is 6.10 Å². The highest BCUT2D eigenvalue weighted by Gasteiger charge is 2.25. The standard InChI is InChI=1S/C28H34FN5O4/c1-17-22-7-9-34(14-23(22)24(29)11-25(17)37-15-26-18(2)32-16-38-26)13-21(35)12-31-28(36)19-6-8-30-27(10-19)33-20-4-3-5-20/h6,8,10-11,16,20-21,35H,3-5,7,9,12-15H2,1-2H3,(H,30,33)(H,31,36)/t21-/m0/s1. The Kier molecular flexibility index (Phi) is 7.90. The minimum Gasteiger partial charge on any atom is -0.485 e. The van der Waals surface area contributed by atoms with Crippen LogP contribution in [0.2, 0.25) is 0 Å². The molecule has 1 aromatic carbocycles.